The maximum absolute atomic E-state index is 11.8. The average Bonchev–Trinajstić information content (AvgIpc) is 2.85. The van der Waals surface area contributed by atoms with Gasteiger partial charge in [-0.2, -0.15) is 5.26 Å². The van der Waals surface area contributed by atoms with Gasteiger partial charge in [0.2, 0.25) is 0 Å². The summed E-state index contributed by atoms with van der Waals surface area (Å²) in [5.41, 5.74) is 4.05. The van der Waals surface area contributed by atoms with Crippen LogP contribution in [0.4, 0.5) is 0 Å². The first kappa shape index (κ1) is 11.7. The van der Waals surface area contributed by atoms with Crippen LogP contribution in [0.3, 0.4) is 0 Å². The van der Waals surface area contributed by atoms with Crippen molar-refractivity contribution >= 4 is 5.78 Å². The van der Waals surface area contributed by atoms with Gasteiger partial charge in [-0.15, -0.1) is 0 Å². The first-order chi connectivity index (χ1) is 9.29. The molecule has 0 amide bonds. The van der Waals surface area contributed by atoms with Crippen molar-refractivity contribution in [1.82, 2.24) is 4.57 Å². The third kappa shape index (κ3) is 2.06. The van der Waals surface area contributed by atoms with E-state index in [2.05, 4.69) is 10.6 Å². The zero-order chi connectivity index (χ0) is 13.2. The van der Waals surface area contributed by atoms with Crippen molar-refractivity contribution in [2.45, 2.75) is 25.7 Å². The Morgan fingerprint density at radius 3 is 2.68 bits per heavy atom. The molecule has 1 aliphatic rings. The Morgan fingerprint density at radius 2 is 1.95 bits per heavy atom. The molecule has 3 nitrogen and oxygen atoms in total. The number of ketones is 1. The molecular weight excluding hydrogens is 236 g/mol. The molecule has 0 N–H and O–H groups in total. The zero-order valence-corrected chi connectivity index (χ0v) is 10.6. The van der Waals surface area contributed by atoms with Crippen molar-refractivity contribution in [1.29, 1.82) is 5.26 Å². The highest BCUT2D eigenvalue weighted by molar-refractivity contribution is 5.98. The molecule has 0 radical (unpaired) electrons. The van der Waals surface area contributed by atoms with E-state index in [1.807, 2.05) is 36.5 Å². The van der Waals surface area contributed by atoms with Gasteiger partial charge in [0.15, 0.2) is 5.78 Å². The Bertz CT molecular complexity index is 659. The minimum Gasteiger partial charge on any atom is -0.320 e. The standard InChI is InChI=1S/C16H14N2O/c17-10-8-12-4-6-13(7-5-12)18-11-9-14-15(18)2-1-3-16(14)19/h4-7,9,11H,1-3,8H2. The molecule has 3 rings (SSSR count). The van der Waals surface area contributed by atoms with E-state index in [4.69, 9.17) is 5.26 Å². The Labute approximate surface area is 112 Å². The van der Waals surface area contributed by atoms with Crippen LogP contribution in [0.2, 0.25) is 0 Å². The SMILES string of the molecule is N#CCc1ccc(-n2ccc3c2CCCC3=O)cc1. The van der Waals surface area contributed by atoms with Crippen LogP contribution in [0.1, 0.15) is 34.5 Å². The predicted octanol–water partition coefficient (Wildman–Crippen LogP) is 3.06. The van der Waals surface area contributed by atoms with Crippen LogP contribution in [0.25, 0.3) is 5.69 Å². The molecule has 0 saturated carbocycles. The fourth-order valence-electron chi connectivity index (χ4n) is 2.63. The predicted molar refractivity (Wildman–Crippen MR) is 72.4 cm³/mol. The lowest BCUT2D eigenvalue weighted by molar-refractivity contribution is 0.0972. The summed E-state index contributed by atoms with van der Waals surface area (Å²) in [7, 11) is 0. The summed E-state index contributed by atoms with van der Waals surface area (Å²) in [5, 5.41) is 8.67. The fourth-order valence-corrected chi connectivity index (χ4v) is 2.63. The molecule has 0 atom stereocenters. The fraction of sp³-hybridized carbons (Fsp3) is 0.250. The Hall–Kier alpha value is -2.34. The van der Waals surface area contributed by atoms with Gasteiger partial charge in [-0.05, 0) is 36.6 Å². The van der Waals surface area contributed by atoms with Crippen molar-refractivity contribution in [3.63, 3.8) is 0 Å². The molecule has 3 heteroatoms. The van der Waals surface area contributed by atoms with Crippen LogP contribution < -0.4 is 0 Å². The van der Waals surface area contributed by atoms with Gasteiger partial charge in [-0.25, -0.2) is 0 Å². The quantitative estimate of drug-likeness (QED) is 0.822. The molecule has 0 saturated heterocycles. The molecule has 1 aromatic carbocycles. The first-order valence-corrected chi connectivity index (χ1v) is 6.49. The van der Waals surface area contributed by atoms with Crippen LogP contribution in [0.15, 0.2) is 36.5 Å². The lowest BCUT2D eigenvalue weighted by atomic mass is 9.96. The summed E-state index contributed by atoms with van der Waals surface area (Å²) in [6.07, 6.45) is 4.95. The summed E-state index contributed by atoms with van der Waals surface area (Å²) >= 11 is 0. The summed E-state index contributed by atoms with van der Waals surface area (Å²) < 4.78 is 2.09. The number of carbonyl (C=O) groups excluding carboxylic acids is 1. The number of nitriles is 1. The van der Waals surface area contributed by atoms with Gasteiger partial charge in [-0.1, -0.05) is 12.1 Å². The summed E-state index contributed by atoms with van der Waals surface area (Å²) in [5.74, 6) is 0.251. The second-order valence-electron chi connectivity index (χ2n) is 4.82. The van der Waals surface area contributed by atoms with Crippen LogP contribution in [0, 0.1) is 11.3 Å². The highest BCUT2D eigenvalue weighted by Crippen LogP contribution is 2.25. The van der Waals surface area contributed by atoms with E-state index in [1.165, 1.54) is 0 Å². The van der Waals surface area contributed by atoms with Gasteiger partial charge in [0.1, 0.15) is 0 Å². The highest BCUT2D eigenvalue weighted by Gasteiger charge is 2.20. The smallest absolute Gasteiger partial charge is 0.164 e. The molecule has 1 heterocycles. The van der Waals surface area contributed by atoms with Crippen LogP contribution >= 0.6 is 0 Å². The van der Waals surface area contributed by atoms with Gasteiger partial charge in [-0.3, -0.25) is 4.79 Å². The normalized spacial score (nSPS) is 13.9. The number of rotatable bonds is 2. The van der Waals surface area contributed by atoms with E-state index in [0.29, 0.717) is 12.8 Å². The van der Waals surface area contributed by atoms with Crippen LogP contribution in [-0.2, 0) is 12.8 Å². The number of aromatic nitrogens is 1. The second-order valence-corrected chi connectivity index (χ2v) is 4.82. The third-order valence-electron chi connectivity index (χ3n) is 3.61. The zero-order valence-electron chi connectivity index (χ0n) is 10.6. The number of hydrogen-bond donors (Lipinski definition) is 0. The molecule has 0 aliphatic heterocycles. The number of nitrogens with zero attached hydrogens (tertiary/aromatic N) is 2. The summed E-state index contributed by atoms with van der Waals surface area (Å²) in [4.78, 5) is 11.8. The molecule has 0 spiro atoms. The number of benzene rings is 1. The molecular formula is C16H14N2O. The minimum absolute atomic E-state index is 0.251. The van der Waals surface area contributed by atoms with Gasteiger partial charge in [0.05, 0.1) is 12.5 Å². The lowest BCUT2D eigenvalue weighted by Crippen LogP contribution is -2.12. The van der Waals surface area contributed by atoms with E-state index in [-0.39, 0.29) is 5.78 Å². The molecule has 1 aromatic heterocycles. The average molecular weight is 250 g/mol. The van der Waals surface area contributed by atoms with Gasteiger partial charge in [0.25, 0.3) is 0 Å². The lowest BCUT2D eigenvalue weighted by Gasteiger charge is -2.15. The van der Waals surface area contributed by atoms with Crippen molar-refractivity contribution in [3.05, 3.63) is 53.3 Å². The summed E-state index contributed by atoms with van der Waals surface area (Å²) in [6, 6.07) is 12.0. The second kappa shape index (κ2) is 4.74. The Balaban J connectivity index is 1.99. The first-order valence-electron chi connectivity index (χ1n) is 6.49. The summed E-state index contributed by atoms with van der Waals surface area (Å²) in [6.45, 7) is 0. The van der Waals surface area contributed by atoms with Crippen LogP contribution in [0.5, 0.6) is 0 Å². The molecule has 0 unspecified atom stereocenters. The number of Topliss-reactive ketones (excluding diaryl/α,β-unsaturated/α-hetero) is 1. The Kier molecular flexibility index (Phi) is 2.92. The van der Waals surface area contributed by atoms with Gasteiger partial charge < -0.3 is 4.57 Å². The van der Waals surface area contributed by atoms with E-state index in [9.17, 15) is 4.79 Å². The van der Waals surface area contributed by atoms with E-state index in [0.717, 1.165) is 35.3 Å². The molecule has 19 heavy (non-hydrogen) atoms. The molecule has 0 fully saturated rings. The van der Waals surface area contributed by atoms with Crippen molar-refractivity contribution < 1.29 is 4.79 Å². The monoisotopic (exact) mass is 250 g/mol. The highest BCUT2D eigenvalue weighted by atomic mass is 16.1. The minimum atomic E-state index is 0.251. The maximum atomic E-state index is 11.8. The largest absolute Gasteiger partial charge is 0.320 e. The molecule has 0 bridgehead atoms. The van der Waals surface area contributed by atoms with Gasteiger partial charge in [0, 0.05) is 29.6 Å². The van der Waals surface area contributed by atoms with Crippen LogP contribution in [-0.4, -0.2) is 10.4 Å². The van der Waals surface area contributed by atoms with E-state index >= 15 is 0 Å². The molecule has 1 aliphatic carbocycles. The van der Waals surface area contributed by atoms with Crippen molar-refractivity contribution in [2.24, 2.45) is 0 Å². The third-order valence-corrected chi connectivity index (χ3v) is 3.61. The Morgan fingerprint density at radius 1 is 1.16 bits per heavy atom. The van der Waals surface area contributed by atoms with Crippen molar-refractivity contribution in [3.8, 4) is 11.8 Å². The maximum Gasteiger partial charge on any atom is 0.164 e. The number of fused-ring (bicyclic) bond motifs is 1. The molecule has 2 aromatic rings. The van der Waals surface area contributed by atoms with Crippen molar-refractivity contribution in [2.75, 3.05) is 0 Å². The number of hydrogen-bond acceptors (Lipinski definition) is 2. The number of carbonyl (C=O) groups is 1. The topological polar surface area (TPSA) is 45.8 Å². The van der Waals surface area contributed by atoms with E-state index < -0.39 is 0 Å². The van der Waals surface area contributed by atoms with E-state index in [1.54, 1.807) is 0 Å². The van der Waals surface area contributed by atoms with Gasteiger partial charge >= 0.3 is 0 Å². The molecule has 94 valence electrons.